The molecule has 0 radical (unpaired) electrons. The maximum Gasteiger partial charge on any atom is 0.243 e. The number of para-hydroxylation sites is 2. The zero-order chi connectivity index (χ0) is 24.5. The Kier molecular flexibility index (Phi) is 7.97. The number of aryl methyl sites for hydroxylation is 1. The lowest BCUT2D eigenvalue weighted by Crippen LogP contribution is -2.38. The van der Waals surface area contributed by atoms with Crippen molar-refractivity contribution < 1.29 is 9.53 Å². The largest absolute Gasteiger partial charge is 0.457 e. The Morgan fingerprint density at radius 2 is 1.66 bits per heavy atom. The van der Waals surface area contributed by atoms with Gasteiger partial charge >= 0.3 is 0 Å². The molecule has 1 amide bonds. The molecule has 35 heavy (non-hydrogen) atoms. The first-order chi connectivity index (χ1) is 17.1. The third-order valence-corrected chi connectivity index (χ3v) is 5.13. The maximum absolute atomic E-state index is 12.3. The van der Waals surface area contributed by atoms with Crippen LogP contribution in [-0.4, -0.2) is 44.3 Å². The van der Waals surface area contributed by atoms with Gasteiger partial charge in [-0.2, -0.15) is 4.80 Å². The Hall–Kier alpha value is -4.31. The first-order valence-corrected chi connectivity index (χ1v) is 11.5. The van der Waals surface area contributed by atoms with E-state index in [-0.39, 0.29) is 12.5 Å². The molecule has 1 aromatic heterocycles. The number of thiocarbonyl (C=S) groups is 1. The number of carbonyl (C=O) groups excluding carboxylic acids is 1. The smallest absolute Gasteiger partial charge is 0.243 e. The Morgan fingerprint density at radius 1 is 0.943 bits per heavy atom. The van der Waals surface area contributed by atoms with E-state index in [0.717, 1.165) is 5.69 Å². The average molecular weight is 488 g/mol. The fraction of sp³-hybridized carbons (Fsp3) is 0.160. The van der Waals surface area contributed by atoms with Gasteiger partial charge in [0.15, 0.2) is 5.11 Å². The second-order valence-electron chi connectivity index (χ2n) is 7.65. The van der Waals surface area contributed by atoms with Gasteiger partial charge < -0.3 is 20.7 Å². The van der Waals surface area contributed by atoms with Gasteiger partial charge in [0, 0.05) is 18.8 Å². The Morgan fingerprint density at radius 3 is 2.46 bits per heavy atom. The molecule has 3 N–H and O–H groups in total. The van der Waals surface area contributed by atoms with Crippen molar-refractivity contribution in [1.29, 1.82) is 0 Å². The predicted molar refractivity (Wildman–Crippen MR) is 138 cm³/mol. The van der Waals surface area contributed by atoms with Gasteiger partial charge in [-0.05, 0) is 60.8 Å². The number of rotatable bonds is 9. The lowest BCUT2D eigenvalue weighted by molar-refractivity contribution is -0.122. The van der Waals surface area contributed by atoms with E-state index in [0.29, 0.717) is 41.1 Å². The molecule has 10 heteroatoms. The summed E-state index contributed by atoms with van der Waals surface area (Å²) in [6, 6.07) is 24.8. The summed E-state index contributed by atoms with van der Waals surface area (Å²) < 4.78 is 5.96. The summed E-state index contributed by atoms with van der Waals surface area (Å²) in [7, 11) is 0. The highest BCUT2D eigenvalue weighted by molar-refractivity contribution is 7.80. The minimum atomic E-state index is -0.234. The van der Waals surface area contributed by atoms with Crippen LogP contribution < -0.4 is 20.7 Å². The van der Waals surface area contributed by atoms with Crippen LogP contribution in [0.2, 0.25) is 0 Å². The first-order valence-electron chi connectivity index (χ1n) is 11.0. The van der Waals surface area contributed by atoms with E-state index in [1.165, 1.54) is 10.4 Å². The van der Waals surface area contributed by atoms with Crippen molar-refractivity contribution >= 4 is 28.9 Å². The summed E-state index contributed by atoms with van der Waals surface area (Å²) in [6.07, 6.45) is 0. The number of benzene rings is 3. The number of nitrogens with one attached hydrogen (secondary N) is 3. The molecular weight excluding hydrogens is 462 g/mol. The third-order valence-electron chi connectivity index (χ3n) is 4.88. The number of hydrogen-bond acceptors (Lipinski definition) is 6. The summed E-state index contributed by atoms with van der Waals surface area (Å²) in [5, 5.41) is 21.9. The van der Waals surface area contributed by atoms with E-state index >= 15 is 0 Å². The van der Waals surface area contributed by atoms with Crippen molar-refractivity contribution in [2.75, 3.05) is 18.4 Å². The number of aromatic nitrogens is 4. The van der Waals surface area contributed by atoms with E-state index < -0.39 is 0 Å². The summed E-state index contributed by atoms with van der Waals surface area (Å²) in [6.45, 7) is 2.84. The molecule has 3 aromatic carbocycles. The number of ether oxygens (including phenoxy) is 1. The van der Waals surface area contributed by atoms with Crippen LogP contribution >= 0.6 is 12.2 Å². The molecule has 0 atom stereocenters. The van der Waals surface area contributed by atoms with Crippen molar-refractivity contribution in [3.8, 4) is 22.9 Å². The van der Waals surface area contributed by atoms with Crippen LogP contribution in [0.3, 0.4) is 0 Å². The number of nitrogens with zero attached hydrogens (tertiary/aromatic N) is 4. The molecule has 0 saturated heterocycles. The molecule has 1 heterocycles. The van der Waals surface area contributed by atoms with Crippen molar-refractivity contribution in [2.24, 2.45) is 0 Å². The average Bonchev–Trinajstić information content (AvgIpc) is 3.32. The van der Waals surface area contributed by atoms with Crippen LogP contribution in [0.4, 0.5) is 5.69 Å². The van der Waals surface area contributed by atoms with E-state index in [4.69, 9.17) is 17.0 Å². The fourth-order valence-corrected chi connectivity index (χ4v) is 3.37. The lowest BCUT2D eigenvalue weighted by Gasteiger charge is -2.11. The number of hydrogen-bond donors (Lipinski definition) is 3. The molecule has 0 saturated carbocycles. The first kappa shape index (κ1) is 23.8. The molecule has 0 aliphatic carbocycles. The van der Waals surface area contributed by atoms with E-state index in [1.807, 2.05) is 85.8 Å². The zero-order valence-electron chi connectivity index (χ0n) is 19.1. The number of tetrazole rings is 1. The summed E-state index contributed by atoms with van der Waals surface area (Å²) in [5.74, 6) is 1.44. The third kappa shape index (κ3) is 7.08. The monoisotopic (exact) mass is 487 g/mol. The molecule has 0 unspecified atom stereocenters. The number of anilines is 1. The van der Waals surface area contributed by atoms with Crippen LogP contribution in [0.25, 0.3) is 11.4 Å². The van der Waals surface area contributed by atoms with E-state index in [9.17, 15) is 4.79 Å². The van der Waals surface area contributed by atoms with Crippen molar-refractivity contribution in [3.63, 3.8) is 0 Å². The number of carbonyl (C=O) groups is 1. The van der Waals surface area contributed by atoms with Gasteiger partial charge in [-0.3, -0.25) is 4.79 Å². The molecule has 0 fully saturated rings. The molecule has 0 bridgehead atoms. The van der Waals surface area contributed by atoms with Gasteiger partial charge in [-0.25, -0.2) is 0 Å². The van der Waals surface area contributed by atoms with Gasteiger partial charge in [0.05, 0.1) is 5.56 Å². The van der Waals surface area contributed by atoms with Crippen LogP contribution in [0.5, 0.6) is 11.5 Å². The van der Waals surface area contributed by atoms with Gasteiger partial charge in [0.2, 0.25) is 11.7 Å². The molecule has 4 rings (SSSR count). The van der Waals surface area contributed by atoms with Crippen LogP contribution in [0.15, 0.2) is 78.9 Å². The van der Waals surface area contributed by atoms with Crippen LogP contribution in [0.1, 0.15) is 5.56 Å². The second-order valence-corrected chi connectivity index (χ2v) is 8.06. The Balaban J connectivity index is 1.24. The second kappa shape index (κ2) is 11.7. The summed E-state index contributed by atoms with van der Waals surface area (Å²) in [4.78, 5) is 13.5. The van der Waals surface area contributed by atoms with Crippen molar-refractivity contribution in [3.05, 3.63) is 84.4 Å². The van der Waals surface area contributed by atoms with Gasteiger partial charge in [-0.1, -0.05) is 48.0 Å². The van der Waals surface area contributed by atoms with Crippen LogP contribution in [0, 0.1) is 6.92 Å². The predicted octanol–water partition coefficient (Wildman–Crippen LogP) is 3.54. The van der Waals surface area contributed by atoms with E-state index in [2.05, 4.69) is 31.4 Å². The lowest BCUT2D eigenvalue weighted by atomic mass is 10.2. The maximum atomic E-state index is 12.3. The Bertz CT molecular complexity index is 1280. The molecule has 0 aliphatic rings. The van der Waals surface area contributed by atoms with Gasteiger partial charge in [-0.15, -0.1) is 10.2 Å². The molecule has 4 aromatic rings. The van der Waals surface area contributed by atoms with Crippen molar-refractivity contribution in [2.45, 2.75) is 13.5 Å². The molecule has 9 nitrogen and oxygen atoms in total. The molecule has 178 valence electrons. The molecular formula is C25H25N7O2S. The minimum Gasteiger partial charge on any atom is -0.457 e. The normalized spacial score (nSPS) is 10.4. The quantitative estimate of drug-likeness (QED) is 0.243. The van der Waals surface area contributed by atoms with Gasteiger partial charge in [0.1, 0.15) is 18.0 Å². The highest BCUT2D eigenvalue weighted by Gasteiger charge is 2.14. The molecule has 0 spiro atoms. The molecule has 0 aliphatic heterocycles. The van der Waals surface area contributed by atoms with E-state index in [1.54, 1.807) is 0 Å². The highest BCUT2D eigenvalue weighted by Crippen LogP contribution is 2.30. The van der Waals surface area contributed by atoms with Crippen LogP contribution in [-0.2, 0) is 11.3 Å². The fourth-order valence-electron chi connectivity index (χ4n) is 3.15. The topological polar surface area (TPSA) is 106 Å². The Labute approximate surface area is 208 Å². The summed E-state index contributed by atoms with van der Waals surface area (Å²) >= 11 is 5.28. The standard InChI is InChI=1S/C25H25N7O2S/c1-18-11-13-19(14-12-18)28-25(35)27-16-15-26-23(33)17-32-30-24(29-31-32)21-9-5-6-10-22(21)34-20-7-3-2-4-8-20/h2-14H,15-17H2,1H3,(H,26,33)(H2,27,28,35). The van der Waals surface area contributed by atoms with Crippen molar-refractivity contribution in [1.82, 2.24) is 30.8 Å². The number of amides is 1. The summed E-state index contributed by atoms with van der Waals surface area (Å²) in [5.41, 5.74) is 2.76. The highest BCUT2D eigenvalue weighted by atomic mass is 32.1. The SMILES string of the molecule is Cc1ccc(NC(=S)NCCNC(=O)Cn2nnc(-c3ccccc3Oc3ccccc3)n2)cc1. The van der Waals surface area contributed by atoms with Gasteiger partial charge in [0.25, 0.3) is 0 Å². The zero-order valence-corrected chi connectivity index (χ0v) is 20.0. The minimum absolute atomic E-state index is 0.0548.